The Morgan fingerprint density at radius 1 is 1.53 bits per heavy atom. The molecule has 0 radical (unpaired) electrons. The van der Waals surface area contributed by atoms with Crippen molar-refractivity contribution in [2.24, 2.45) is 0 Å². The van der Waals surface area contributed by atoms with Crippen molar-refractivity contribution in [3.05, 3.63) is 29.8 Å². The Morgan fingerprint density at radius 3 is 2.82 bits per heavy atom. The number of nitrogens with zero attached hydrogens (tertiary/aromatic N) is 2. The van der Waals surface area contributed by atoms with E-state index in [0.29, 0.717) is 0 Å². The summed E-state index contributed by atoms with van der Waals surface area (Å²) in [5.74, 6) is -0.959. The SMILES string of the molecule is CCOC(=O)c1cc(C(=O)C=CN(C)C)on1. The number of allylic oxidation sites excluding steroid dienone is 1. The van der Waals surface area contributed by atoms with Crippen LogP contribution in [0.3, 0.4) is 0 Å². The van der Waals surface area contributed by atoms with E-state index in [1.54, 1.807) is 32.1 Å². The minimum absolute atomic E-state index is 0.00570. The Bertz CT molecular complexity index is 434. The normalized spacial score (nSPS) is 10.5. The lowest BCUT2D eigenvalue weighted by atomic mass is 10.2. The van der Waals surface area contributed by atoms with E-state index in [1.807, 2.05) is 0 Å². The van der Waals surface area contributed by atoms with Gasteiger partial charge in [0.25, 0.3) is 0 Å². The van der Waals surface area contributed by atoms with Crippen LogP contribution in [0.5, 0.6) is 0 Å². The number of aromatic nitrogens is 1. The van der Waals surface area contributed by atoms with Crippen molar-refractivity contribution in [2.75, 3.05) is 20.7 Å². The molecule has 0 saturated carbocycles. The van der Waals surface area contributed by atoms with E-state index in [2.05, 4.69) is 5.16 Å². The lowest BCUT2D eigenvalue weighted by Gasteiger charge is -2.01. The Labute approximate surface area is 98.8 Å². The number of carbonyl (C=O) groups is 2. The fourth-order valence-corrected chi connectivity index (χ4v) is 0.991. The molecule has 6 heteroatoms. The van der Waals surface area contributed by atoms with Crippen LogP contribution < -0.4 is 0 Å². The Hall–Kier alpha value is -2.11. The number of hydrogen-bond donors (Lipinski definition) is 0. The molecular weight excluding hydrogens is 224 g/mol. The van der Waals surface area contributed by atoms with E-state index in [1.165, 1.54) is 12.1 Å². The predicted molar refractivity (Wildman–Crippen MR) is 59.6 cm³/mol. The zero-order valence-electron chi connectivity index (χ0n) is 9.97. The van der Waals surface area contributed by atoms with E-state index >= 15 is 0 Å². The minimum atomic E-state index is -0.605. The maximum Gasteiger partial charge on any atom is 0.360 e. The summed E-state index contributed by atoms with van der Waals surface area (Å²) >= 11 is 0. The van der Waals surface area contributed by atoms with Crippen molar-refractivity contribution in [1.29, 1.82) is 0 Å². The van der Waals surface area contributed by atoms with Crippen LogP contribution in [0.15, 0.2) is 22.9 Å². The molecule has 0 bridgehead atoms. The van der Waals surface area contributed by atoms with Gasteiger partial charge in [-0.25, -0.2) is 4.79 Å². The van der Waals surface area contributed by atoms with Crippen molar-refractivity contribution in [1.82, 2.24) is 10.1 Å². The van der Waals surface area contributed by atoms with Gasteiger partial charge in [0.1, 0.15) is 0 Å². The van der Waals surface area contributed by atoms with Gasteiger partial charge in [-0.3, -0.25) is 4.79 Å². The summed E-state index contributed by atoms with van der Waals surface area (Å²) in [5.41, 5.74) is -0.00606. The molecule has 0 N–H and O–H groups in total. The standard InChI is InChI=1S/C11H14N2O4/c1-4-16-11(15)8-7-10(17-12-8)9(14)5-6-13(2)3/h5-7H,4H2,1-3H3. The first-order chi connectivity index (χ1) is 8.04. The van der Waals surface area contributed by atoms with Crippen molar-refractivity contribution >= 4 is 11.8 Å². The van der Waals surface area contributed by atoms with Gasteiger partial charge in [-0.15, -0.1) is 0 Å². The fourth-order valence-electron chi connectivity index (χ4n) is 0.991. The molecule has 0 saturated heterocycles. The minimum Gasteiger partial charge on any atom is -0.461 e. The van der Waals surface area contributed by atoms with Crippen LogP contribution in [0.4, 0.5) is 0 Å². The second-order valence-electron chi connectivity index (χ2n) is 3.44. The Balaban J connectivity index is 2.74. The number of rotatable bonds is 5. The van der Waals surface area contributed by atoms with Crippen LogP contribution in [-0.2, 0) is 4.74 Å². The summed E-state index contributed by atoms with van der Waals surface area (Å²) < 4.78 is 9.48. The number of esters is 1. The second-order valence-corrected chi connectivity index (χ2v) is 3.44. The quantitative estimate of drug-likeness (QED) is 0.434. The summed E-state index contributed by atoms with van der Waals surface area (Å²) in [7, 11) is 3.57. The van der Waals surface area contributed by atoms with Crippen LogP contribution in [0.2, 0.25) is 0 Å². The Kier molecular flexibility index (Phi) is 4.45. The molecule has 0 atom stereocenters. The van der Waals surface area contributed by atoms with E-state index in [4.69, 9.17) is 9.26 Å². The highest BCUT2D eigenvalue weighted by Gasteiger charge is 2.16. The summed E-state index contributed by atoms with van der Waals surface area (Å²) in [5, 5.41) is 3.47. The van der Waals surface area contributed by atoms with Gasteiger partial charge in [-0.05, 0) is 6.92 Å². The third kappa shape index (κ3) is 3.75. The molecule has 0 spiro atoms. The van der Waals surface area contributed by atoms with Crippen LogP contribution in [0, 0.1) is 0 Å². The smallest absolute Gasteiger partial charge is 0.360 e. The molecular formula is C11H14N2O4. The predicted octanol–water partition coefficient (Wildman–Crippen LogP) is 1.11. The maximum atomic E-state index is 11.5. The van der Waals surface area contributed by atoms with Crippen molar-refractivity contribution in [3.63, 3.8) is 0 Å². The van der Waals surface area contributed by atoms with Gasteiger partial charge in [0, 0.05) is 32.4 Å². The summed E-state index contributed by atoms with van der Waals surface area (Å²) in [6.07, 6.45) is 2.91. The molecule has 92 valence electrons. The molecule has 17 heavy (non-hydrogen) atoms. The molecule has 0 aromatic carbocycles. The molecule has 1 heterocycles. The number of ketones is 1. The van der Waals surface area contributed by atoms with Crippen LogP contribution >= 0.6 is 0 Å². The fraction of sp³-hybridized carbons (Fsp3) is 0.364. The molecule has 0 unspecified atom stereocenters. The lowest BCUT2D eigenvalue weighted by molar-refractivity contribution is 0.0514. The van der Waals surface area contributed by atoms with Gasteiger partial charge < -0.3 is 14.2 Å². The monoisotopic (exact) mass is 238 g/mol. The first-order valence-electron chi connectivity index (χ1n) is 5.07. The van der Waals surface area contributed by atoms with Crippen molar-refractivity contribution in [3.8, 4) is 0 Å². The maximum absolute atomic E-state index is 11.5. The van der Waals surface area contributed by atoms with Crippen molar-refractivity contribution < 1.29 is 18.8 Å². The van der Waals surface area contributed by atoms with Crippen LogP contribution in [0.1, 0.15) is 28.0 Å². The third-order valence-corrected chi connectivity index (χ3v) is 1.76. The van der Waals surface area contributed by atoms with Gasteiger partial charge >= 0.3 is 5.97 Å². The molecule has 6 nitrogen and oxygen atoms in total. The molecule has 1 aromatic rings. The third-order valence-electron chi connectivity index (χ3n) is 1.76. The largest absolute Gasteiger partial charge is 0.461 e. The van der Waals surface area contributed by atoms with Crippen LogP contribution in [-0.4, -0.2) is 42.5 Å². The van der Waals surface area contributed by atoms with Gasteiger partial charge in [0.2, 0.25) is 11.5 Å². The highest BCUT2D eigenvalue weighted by molar-refractivity contribution is 6.03. The average molecular weight is 238 g/mol. The molecule has 0 aliphatic rings. The summed E-state index contributed by atoms with van der Waals surface area (Å²) in [6, 6.07) is 1.26. The Morgan fingerprint density at radius 2 is 2.24 bits per heavy atom. The molecule has 0 aliphatic carbocycles. The molecule has 0 aliphatic heterocycles. The first kappa shape index (κ1) is 13.0. The summed E-state index contributed by atoms with van der Waals surface area (Å²) in [6.45, 7) is 1.93. The van der Waals surface area contributed by atoms with Gasteiger partial charge in [0.05, 0.1) is 6.61 Å². The highest BCUT2D eigenvalue weighted by atomic mass is 16.5. The van der Waals surface area contributed by atoms with E-state index in [9.17, 15) is 9.59 Å². The number of carbonyl (C=O) groups excluding carboxylic acids is 2. The number of hydrogen-bond acceptors (Lipinski definition) is 6. The zero-order valence-corrected chi connectivity index (χ0v) is 9.97. The molecule has 1 aromatic heterocycles. The zero-order chi connectivity index (χ0) is 12.8. The van der Waals surface area contributed by atoms with Gasteiger partial charge in [-0.2, -0.15) is 0 Å². The number of ether oxygens (including phenoxy) is 1. The average Bonchev–Trinajstić information content (AvgIpc) is 2.75. The van der Waals surface area contributed by atoms with Crippen LogP contribution in [0.25, 0.3) is 0 Å². The molecule has 0 fully saturated rings. The summed E-state index contributed by atoms with van der Waals surface area (Å²) in [4.78, 5) is 24.5. The van der Waals surface area contributed by atoms with Gasteiger partial charge in [0.15, 0.2) is 5.69 Å². The van der Waals surface area contributed by atoms with E-state index in [0.717, 1.165) is 0 Å². The second kappa shape index (κ2) is 5.83. The van der Waals surface area contributed by atoms with E-state index in [-0.39, 0.29) is 23.8 Å². The van der Waals surface area contributed by atoms with Crippen molar-refractivity contribution in [2.45, 2.75) is 6.92 Å². The topological polar surface area (TPSA) is 72.6 Å². The van der Waals surface area contributed by atoms with Gasteiger partial charge in [-0.1, -0.05) is 5.16 Å². The first-order valence-corrected chi connectivity index (χ1v) is 5.07. The molecule has 1 rings (SSSR count). The lowest BCUT2D eigenvalue weighted by Crippen LogP contribution is -2.04. The molecule has 0 amide bonds. The van der Waals surface area contributed by atoms with E-state index < -0.39 is 5.97 Å². The highest BCUT2D eigenvalue weighted by Crippen LogP contribution is 2.06.